The van der Waals surface area contributed by atoms with Crippen LogP contribution in [0.2, 0.25) is 0 Å². The fourth-order valence-corrected chi connectivity index (χ4v) is 1.43. The van der Waals surface area contributed by atoms with Crippen molar-refractivity contribution in [3.05, 3.63) is 17.5 Å². The summed E-state index contributed by atoms with van der Waals surface area (Å²) in [6.07, 6.45) is 2.98. The molecule has 1 atom stereocenters. The van der Waals surface area contributed by atoms with Crippen LogP contribution >= 0.6 is 0 Å². The second kappa shape index (κ2) is 3.72. The number of nitrogens with one attached hydrogen (secondary N) is 1. The van der Waals surface area contributed by atoms with E-state index in [4.69, 9.17) is 0 Å². The molecule has 1 aromatic rings. The fraction of sp³-hybridized carbons (Fsp3) is 0.667. The minimum Gasteiger partial charge on any atom is -0.313 e. The lowest BCUT2D eigenvalue weighted by Gasteiger charge is -2.10. The number of aryl methyl sites for hydroxylation is 1. The molecule has 12 heavy (non-hydrogen) atoms. The third-order valence-corrected chi connectivity index (χ3v) is 2.33. The first-order valence-electron chi connectivity index (χ1n) is 4.38. The molecule has 0 aliphatic carbocycles. The van der Waals surface area contributed by atoms with Crippen LogP contribution in [-0.4, -0.2) is 16.8 Å². The summed E-state index contributed by atoms with van der Waals surface area (Å²) < 4.78 is 1.95. The van der Waals surface area contributed by atoms with E-state index < -0.39 is 0 Å². The molecule has 1 heterocycles. The Morgan fingerprint density at radius 1 is 1.67 bits per heavy atom. The van der Waals surface area contributed by atoms with Crippen molar-refractivity contribution in [1.82, 2.24) is 15.1 Å². The second-order valence-electron chi connectivity index (χ2n) is 3.03. The van der Waals surface area contributed by atoms with Crippen LogP contribution in [0.1, 0.15) is 31.1 Å². The van der Waals surface area contributed by atoms with Crippen molar-refractivity contribution in [2.24, 2.45) is 7.05 Å². The van der Waals surface area contributed by atoms with E-state index in [0.717, 1.165) is 6.42 Å². The molecule has 0 amide bonds. The lowest BCUT2D eigenvalue weighted by Crippen LogP contribution is -2.13. The third-order valence-electron chi connectivity index (χ3n) is 2.33. The summed E-state index contributed by atoms with van der Waals surface area (Å²) in [4.78, 5) is 0. The van der Waals surface area contributed by atoms with E-state index in [0.29, 0.717) is 6.04 Å². The van der Waals surface area contributed by atoms with Crippen molar-refractivity contribution in [3.63, 3.8) is 0 Å². The van der Waals surface area contributed by atoms with Crippen LogP contribution in [-0.2, 0) is 13.5 Å². The summed E-state index contributed by atoms with van der Waals surface area (Å²) in [6, 6.07) is 0.397. The zero-order valence-electron chi connectivity index (χ0n) is 8.26. The van der Waals surface area contributed by atoms with Crippen LogP contribution in [0.15, 0.2) is 6.20 Å². The Morgan fingerprint density at radius 2 is 2.33 bits per heavy atom. The predicted octanol–water partition coefficient (Wildman–Crippen LogP) is 1.26. The lowest BCUT2D eigenvalue weighted by atomic mass is 10.1. The zero-order chi connectivity index (χ0) is 9.14. The Kier molecular flexibility index (Phi) is 2.87. The van der Waals surface area contributed by atoms with Gasteiger partial charge < -0.3 is 5.32 Å². The molecular weight excluding hydrogens is 150 g/mol. The molecule has 0 fully saturated rings. The van der Waals surface area contributed by atoms with E-state index in [9.17, 15) is 0 Å². The van der Waals surface area contributed by atoms with Crippen molar-refractivity contribution in [1.29, 1.82) is 0 Å². The van der Waals surface area contributed by atoms with Gasteiger partial charge in [0.05, 0.1) is 6.20 Å². The molecule has 1 aromatic heterocycles. The molecule has 0 saturated heterocycles. The van der Waals surface area contributed by atoms with Crippen LogP contribution in [0.5, 0.6) is 0 Å². The van der Waals surface area contributed by atoms with Crippen molar-refractivity contribution in [2.75, 3.05) is 7.05 Å². The quantitative estimate of drug-likeness (QED) is 0.734. The summed E-state index contributed by atoms with van der Waals surface area (Å²) in [5, 5.41) is 7.45. The van der Waals surface area contributed by atoms with Crippen LogP contribution in [0.4, 0.5) is 0 Å². The monoisotopic (exact) mass is 167 g/mol. The van der Waals surface area contributed by atoms with Gasteiger partial charge in [-0.05, 0) is 20.4 Å². The Labute approximate surface area is 73.8 Å². The summed E-state index contributed by atoms with van der Waals surface area (Å²) in [5.41, 5.74) is 2.62. The highest BCUT2D eigenvalue weighted by Crippen LogP contribution is 2.16. The Bertz CT molecular complexity index is 252. The third kappa shape index (κ3) is 1.50. The standard InChI is InChI=1S/C9H17N3/c1-5-9-8(7(2)10-3)6-11-12(9)4/h6-7,10H,5H2,1-4H3. The minimum absolute atomic E-state index is 0.397. The molecular formula is C9H17N3. The van der Waals surface area contributed by atoms with Gasteiger partial charge in [-0.15, -0.1) is 0 Å². The predicted molar refractivity (Wildman–Crippen MR) is 50.1 cm³/mol. The fourth-order valence-electron chi connectivity index (χ4n) is 1.43. The highest BCUT2D eigenvalue weighted by molar-refractivity contribution is 5.21. The van der Waals surface area contributed by atoms with Gasteiger partial charge in [0.15, 0.2) is 0 Å². The van der Waals surface area contributed by atoms with E-state index >= 15 is 0 Å². The van der Waals surface area contributed by atoms with Gasteiger partial charge in [0.2, 0.25) is 0 Å². The number of hydrogen-bond acceptors (Lipinski definition) is 2. The van der Waals surface area contributed by atoms with Crippen LogP contribution in [0, 0.1) is 0 Å². The Balaban J connectivity index is 2.98. The number of hydrogen-bond donors (Lipinski definition) is 1. The van der Waals surface area contributed by atoms with Crippen molar-refractivity contribution >= 4 is 0 Å². The molecule has 1 unspecified atom stereocenters. The number of rotatable bonds is 3. The number of nitrogens with zero attached hydrogens (tertiary/aromatic N) is 2. The zero-order valence-corrected chi connectivity index (χ0v) is 8.26. The van der Waals surface area contributed by atoms with Gasteiger partial charge in [0.1, 0.15) is 0 Å². The molecule has 0 saturated carbocycles. The van der Waals surface area contributed by atoms with Crippen molar-refractivity contribution in [3.8, 4) is 0 Å². The average molecular weight is 167 g/mol. The Hall–Kier alpha value is -0.830. The van der Waals surface area contributed by atoms with Crippen LogP contribution < -0.4 is 5.32 Å². The lowest BCUT2D eigenvalue weighted by molar-refractivity contribution is 0.637. The van der Waals surface area contributed by atoms with E-state index in [-0.39, 0.29) is 0 Å². The van der Waals surface area contributed by atoms with E-state index in [1.54, 1.807) is 0 Å². The van der Waals surface area contributed by atoms with E-state index in [2.05, 4.69) is 24.3 Å². The smallest absolute Gasteiger partial charge is 0.0540 e. The molecule has 0 bridgehead atoms. The van der Waals surface area contributed by atoms with Gasteiger partial charge in [-0.25, -0.2) is 0 Å². The van der Waals surface area contributed by atoms with Crippen LogP contribution in [0.25, 0.3) is 0 Å². The molecule has 1 rings (SSSR count). The van der Waals surface area contributed by atoms with Gasteiger partial charge in [-0.2, -0.15) is 5.10 Å². The van der Waals surface area contributed by atoms with Gasteiger partial charge in [0.25, 0.3) is 0 Å². The minimum atomic E-state index is 0.397. The van der Waals surface area contributed by atoms with Gasteiger partial charge in [-0.1, -0.05) is 6.92 Å². The molecule has 3 nitrogen and oxygen atoms in total. The molecule has 0 aliphatic rings. The van der Waals surface area contributed by atoms with Crippen molar-refractivity contribution < 1.29 is 0 Å². The normalized spacial score (nSPS) is 13.3. The van der Waals surface area contributed by atoms with Gasteiger partial charge in [0, 0.05) is 24.3 Å². The highest BCUT2D eigenvalue weighted by atomic mass is 15.3. The summed E-state index contributed by atoms with van der Waals surface area (Å²) >= 11 is 0. The second-order valence-corrected chi connectivity index (χ2v) is 3.03. The molecule has 0 aromatic carbocycles. The number of aromatic nitrogens is 2. The maximum absolute atomic E-state index is 4.23. The molecule has 0 radical (unpaired) electrons. The van der Waals surface area contributed by atoms with Gasteiger partial charge in [-0.3, -0.25) is 4.68 Å². The first kappa shape index (κ1) is 9.26. The molecule has 3 heteroatoms. The summed E-state index contributed by atoms with van der Waals surface area (Å²) in [6.45, 7) is 4.30. The maximum atomic E-state index is 4.23. The molecule has 68 valence electrons. The Morgan fingerprint density at radius 3 is 2.83 bits per heavy atom. The van der Waals surface area contributed by atoms with Crippen LogP contribution in [0.3, 0.4) is 0 Å². The highest BCUT2D eigenvalue weighted by Gasteiger charge is 2.11. The van der Waals surface area contributed by atoms with Crippen molar-refractivity contribution in [2.45, 2.75) is 26.3 Å². The SMILES string of the molecule is CCc1c(C(C)NC)cnn1C. The first-order chi connectivity index (χ1) is 5.70. The molecule has 0 spiro atoms. The maximum Gasteiger partial charge on any atom is 0.0540 e. The first-order valence-corrected chi connectivity index (χ1v) is 4.38. The average Bonchev–Trinajstić information content (AvgIpc) is 2.45. The van der Waals surface area contributed by atoms with Gasteiger partial charge >= 0.3 is 0 Å². The summed E-state index contributed by atoms with van der Waals surface area (Å²) in [5.74, 6) is 0. The molecule has 0 aliphatic heterocycles. The summed E-state index contributed by atoms with van der Waals surface area (Å²) in [7, 11) is 3.96. The van der Waals surface area contributed by atoms with E-state index in [1.807, 2.05) is 25.0 Å². The topological polar surface area (TPSA) is 29.9 Å². The van der Waals surface area contributed by atoms with E-state index in [1.165, 1.54) is 11.3 Å². The largest absolute Gasteiger partial charge is 0.313 e. The molecule has 1 N–H and O–H groups in total.